The number of rotatable bonds is 2. The first kappa shape index (κ1) is 12.6. The minimum atomic E-state index is -0.123. The van der Waals surface area contributed by atoms with E-state index in [1.54, 1.807) is 12.1 Å². The van der Waals surface area contributed by atoms with Crippen LogP contribution in [-0.4, -0.2) is 10.9 Å². The zero-order valence-electron chi connectivity index (χ0n) is 10.9. The number of hydrogen-bond donors (Lipinski definition) is 2. The number of nitrogens with one attached hydrogen (secondary N) is 1. The van der Waals surface area contributed by atoms with Crippen LogP contribution in [0.5, 0.6) is 0 Å². The molecule has 1 amide bonds. The van der Waals surface area contributed by atoms with Gasteiger partial charge in [0.2, 0.25) is 0 Å². The first-order valence-electron chi connectivity index (χ1n) is 6.16. The van der Waals surface area contributed by atoms with Crippen molar-refractivity contribution in [2.75, 3.05) is 11.1 Å². The average Bonchev–Trinajstić information content (AvgIpc) is 2.81. The fourth-order valence-corrected chi connectivity index (χ4v) is 2.93. The number of thiazole rings is 1. The molecule has 0 spiro atoms. The summed E-state index contributed by atoms with van der Waals surface area (Å²) in [6, 6.07) is 12.9. The second kappa shape index (κ2) is 4.94. The van der Waals surface area contributed by atoms with Gasteiger partial charge in [-0.05, 0) is 36.8 Å². The molecule has 0 aliphatic carbocycles. The fraction of sp³-hybridized carbons (Fsp3) is 0.0667. The Morgan fingerprint density at radius 1 is 1.25 bits per heavy atom. The third-order valence-corrected chi connectivity index (χ3v) is 3.83. The van der Waals surface area contributed by atoms with Crippen LogP contribution in [0.2, 0.25) is 0 Å². The van der Waals surface area contributed by atoms with E-state index < -0.39 is 0 Å². The van der Waals surface area contributed by atoms with Gasteiger partial charge in [0.25, 0.3) is 5.91 Å². The molecule has 1 heterocycles. The molecule has 4 nitrogen and oxygen atoms in total. The highest BCUT2D eigenvalue weighted by molar-refractivity contribution is 7.22. The van der Waals surface area contributed by atoms with Gasteiger partial charge in [0, 0.05) is 11.3 Å². The number of benzene rings is 2. The Morgan fingerprint density at radius 2 is 2.00 bits per heavy atom. The Kier molecular flexibility index (Phi) is 3.12. The van der Waals surface area contributed by atoms with E-state index in [-0.39, 0.29) is 5.91 Å². The van der Waals surface area contributed by atoms with Gasteiger partial charge in [0.05, 0.1) is 10.2 Å². The predicted octanol–water partition coefficient (Wildman–Crippen LogP) is 3.44. The summed E-state index contributed by atoms with van der Waals surface area (Å²) in [6.07, 6.45) is 0. The number of nitrogens with zero attached hydrogens (tertiary/aromatic N) is 1. The second-order valence-corrected chi connectivity index (χ2v) is 5.57. The number of nitrogens with two attached hydrogens (primary N) is 1. The molecule has 0 radical (unpaired) electrons. The summed E-state index contributed by atoms with van der Waals surface area (Å²) in [5.74, 6) is -0.123. The van der Waals surface area contributed by atoms with Gasteiger partial charge in [-0.3, -0.25) is 4.79 Å². The van der Waals surface area contributed by atoms with E-state index in [0.717, 1.165) is 21.5 Å². The van der Waals surface area contributed by atoms with Crippen molar-refractivity contribution in [3.05, 3.63) is 53.6 Å². The van der Waals surface area contributed by atoms with Crippen molar-refractivity contribution in [3.8, 4) is 0 Å². The standard InChI is InChI=1S/C15H13N3OS/c1-9-7-11(8-12-13(9)18-15(16)20-12)17-14(19)10-5-3-2-4-6-10/h2-8H,1H3,(H2,16,18)(H,17,19). The second-order valence-electron chi connectivity index (χ2n) is 4.51. The van der Waals surface area contributed by atoms with E-state index in [2.05, 4.69) is 10.3 Å². The Labute approximate surface area is 120 Å². The molecule has 100 valence electrons. The average molecular weight is 283 g/mol. The number of carbonyl (C=O) groups is 1. The number of carbonyl (C=O) groups excluding carboxylic acids is 1. The first-order chi connectivity index (χ1) is 9.63. The van der Waals surface area contributed by atoms with Crippen LogP contribution in [0.15, 0.2) is 42.5 Å². The molecule has 20 heavy (non-hydrogen) atoms. The summed E-state index contributed by atoms with van der Waals surface area (Å²) < 4.78 is 0.978. The van der Waals surface area contributed by atoms with Crippen LogP contribution < -0.4 is 11.1 Å². The van der Waals surface area contributed by atoms with E-state index in [1.165, 1.54) is 11.3 Å². The highest BCUT2D eigenvalue weighted by Crippen LogP contribution is 2.29. The lowest BCUT2D eigenvalue weighted by molar-refractivity contribution is 0.102. The Bertz CT molecular complexity index is 780. The predicted molar refractivity (Wildman–Crippen MR) is 83.2 cm³/mol. The topological polar surface area (TPSA) is 68.0 Å². The number of nitrogen functional groups attached to an aromatic ring is 1. The highest BCUT2D eigenvalue weighted by atomic mass is 32.1. The molecule has 0 atom stereocenters. The molecule has 0 aliphatic rings. The molecule has 0 fully saturated rings. The maximum absolute atomic E-state index is 12.1. The number of aryl methyl sites for hydroxylation is 1. The van der Waals surface area contributed by atoms with Gasteiger partial charge in [0.1, 0.15) is 0 Å². The molecule has 0 bridgehead atoms. The third-order valence-electron chi connectivity index (χ3n) is 3.00. The number of fused-ring (bicyclic) bond motifs is 1. The maximum Gasteiger partial charge on any atom is 0.255 e. The van der Waals surface area contributed by atoms with Crippen molar-refractivity contribution in [1.82, 2.24) is 4.98 Å². The van der Waals surface area contributed by atoms with Crippen LogP contribution in [0.4, 0.5) is 10.8 Å². The number of anilines is 2. The van der Waals surface area contributed by atoms with Crippen LogP contribution in [0, 0.1) is 6.92 Å². The number of aromatic nitrogens is 1. The van der Waals surface area contributed by atoms with Gasteiger partial charge in [-0.15, -0.1) is 0 Å². The van der Waals surface area contributed by atoms with Gasteiger partial charge in [-0.2, -0.15) is 0 Å². The molecular weight excluding hydrogens is 270 g/mol. The maximum atomic E-state index is 12.1. The first-order valence-corrected chi connectivity index (χ1v) is 6.98. The molecule has 0 aliphatic heterocycles. The lowest BCUT2D eigenvalue weighted by atomic mass is 10.1. The van der Waals surface area contributed by atoms with Crippen LogP contribution in [0.3, 0.4) is 0 Å². The van der Waals surface area contributed by atoms with Crippen molar-refractivity contribution < 1.29 is 4.79 Å². The Hall–Kier alpha value is -2.40. The minimum Gasteiger partial charge on any atom is -0.375 e. The molecule has 0 saturated carbocycles. The number of amides is 1. The lowest BCUT2D eigenvalue weighted by Gasteiger charge is -2.06. The molecule has 1 aromatic heterocycles. The van der Waals surface area contributed by atoms with Crippen molar-refractivity contribution in [2.24, 2.45) is 0 Å². The largest absolute Gasteiger partial charge is 0.375 e. The van der Waals surface area contributed by atoms with Gasteiger partial charge < -0.3 is 11.1 Å². The monoisotopic (exact) mass is 283 g/mol. The van der Waals surface area contributed by atoms with Crippen LogP contribution in [-0.2, 0) is 0 Å². The van der Waals surface area contributed by atoms with E-state index in [0.29, 0.717) is 10.7 Å². The molecule has 0 unspecified atom stereocenters. The molecule has 5 heteroatoms. The number of hydrogen-bond acceptors (Lipinski definition) is 4. The van der Waals surface area contributed by atoms with E-state index in [4.69, 9.17) is 5.73 Å². The van der Waals surface area contributed by atoms with Crippen molar-refractivity contribution in [2.45, 2.75) is 6.92 Å². The zero-order valence-corrected chi connectivity index (χ0v) is 11.7. The summed E-state index contributed by atoms with van der Waals surface area (Å²) in [5.41, 5.74) is 9.00. The Balaban J connectivity index is 1.93. The molecule has 0 saturated heterocycles. The molecule has 3 rings (SSSR count). The Morgan fingerprint density at radius 3 is 2.75 bits per heavy atom. The van der Waals surface area contributed by atoms with Crippen molar-refractivity contribution in [1.29, 1.82) is 0 Å². The van der Waals surface area contributed by atoms with E-state index >= 15 is 0 Å². The normalized spacial score (nSPS) is 10.7. The smallest absolute Gasteiger partial charge is 0.255 e. The van der Waals surface area contributed by atoms with Crippen LogP contribution in [0.1, 0.15) is 15.9 Å². The quantitative estimate of drug-likeness (QED) is 0.757. The minimum absolute atomic E-state index is 0.123. The summed E-state index contributed by atoms with van der Waals surface area (Å²) in [7, 11) is 0. The highest BCUT2D eigenvalue weighted by Gasteiger charge is 2.09. The van der Waals surface area contributed by atoms with Gasteiger partial charge in [-0.1, -0.05) is 29.5 Å². The van der Waals surface area contributed by atoms with Gasteiger partial charge >= 0.3 is 0 Å². The van der Waals surface area contributed by atoms with Crippen LogP contribution >= 0.6 is 11.3 Å². The lowest BCUT2D eigenvalue weighted by Crippen LogP contribution is -2.11. The SMILES string of the molecule is Cc1cc(NC(=O)c2ccccc2)cc2sc(N)nc12. The third kappa shape index (κ3) is 2.35. The van der Waals surface area contributed by atoms with Crippen molar-refractivity contribution >= 4 is 38.3 Å². The summed E-state index contributed by atoms with van der Waals surface area (Å²) in [4.78, 5) is 16.4. The van der Waals surface area contributed by atoms with E-state index in [9.17, 15) is 4.79 Å². The summed E-state index contributed by atoms with van der Waals surface area (Å²) in [5, 5.41) is 3.44. The van der Waals surface area contributed by atoms with Crippen molar-refractivity contribution in [3.63, 3.8) is 0 Å². The summed E-state index contributed by atoms with van der Waals surface area (Å²) >= 11 is 1.42. The van der Waals surface area contributed by atoms with Gasteiger partial charge in [0.15, 0.2) is 5.13 Å². The van der Waals surface area contributed by atoms with Gasteiger partial charge in [-0.25, -0.2) is 4.98 Å². The molecule has 3 aromatic rings. The molecule has 3 N–H and O–H groups in total. The summed E-state index contributed by atoms with van der Waals surface area (Å²) in [6.45, 7) is 1.96. The molecular formula is C15H13N3OS. The zero-order chi connectivity index (χ0) is 14.1. The molecule has 2 aromatic carbocycles. The van der Waals surface area contributed by atoms with Crippen LogP contribution in [0.25, 0.3) is 10.2 Å². The van der Waals surface area contributed by atoms with E-state index in [1.807, 2.05) is 37.3 Å². The fourth-order valence-electron chi connectivity index (χ4n) is 2.08.